The number of nitrogens with one attached hydrogen (secondary N) is 1. The van der Waals surface area contributed by atoms with Crippen LogP contribution in [-0.4, -0.2) is 26.1 Å². The third-order valence-electron chi connectivity index (χ3n) is 4.65. The summed E-state index contributed by atoms with van der Waals surface area (Å²) < 4.78 is 7.42. The highest BCUT2D eigenvalue weighted by atomic mass is 16.5. The minimum atomic E-state index is -0.142. The maximum Gasteiger partial charge on any atom is 0.251 e. The quantitative estimate of drug-likeness (QED) is 0.515. The van der Waals surface area contributed by atoms with Crippen molar-refractivity contribution >= 4 is 5.91 Å². The molecule has 1 heterocycles. The van der Waals surface area contributed by atoms with E-state index >= 15 is 0 Å². The molecule has 0 atom stereocenters. The summed E-state index contributed by atoms with van der Waals surface area (Å²) in [4.78, 5) is 12.6. The fourth-order valence-corrected chi connectivity index (χ4v) is 3.10. The largest absolute Gasteiger partial charge is 0.489 e. The molecule has 4 rings (SSSR count). The Morgan fingerprint density at radius 2 is 1.83 bits per heavy atom. The van der Waals surface area contributed by atoms with Crippen molar-refractivity contribution in [3.63, 3.8) is 0 Å². The van der Waals surface area contributed by atoms with Crippen LogP contribution in [0.25, 0.3) is 5.69 Å². The van der Waals surface area contributed by atoms with Gasteiger partial charge in [-0.05, 0) is 64.4 Å². The number of rotatable bonds is 7. The highest BCUT2D eigenvalue weighted by Crippen LogP contribution is 2.17. The van der Waals surface area contributed by atoms with Gasteiger partial charge in [0.2, 0.25) is 0 Å². The summed E-state index contributed by atoms with van der Waals surface area (Å²) in [6, 6.07) is 23.2. The van der Waals surface area contributed by atoms with Gasteiger partial charge in [0.25, 0.3) is 5.91 Å². The number of tetrazole rings is 1. The molecule has 3 aromatic carbocycles. The van der Waals surface area contributed by atoms with Gasteiger partial charge in [0.05, 0.1) is 5.69 Å². The molecule has 150 valence electrons. The molecule has 7 nitrogen and oxygen atoms in total. The Balaban J connectivity index is 1.36. The molecule has 0 radical (unpaired) electrons. The second kappa shape index (κ2) is 9.00. The van der Waals surface area contributed by atoms with Crippen LogP contribution in [0, 0.1) is 6.92 Å². The van der Waals surface area contributed by atoms with Gasteiger partial charge in [-0.1, -0.05) is 42.5 Å². The van der Waals surface area contributed by atoms with Gasteiger partial charge in [-0.15, -0.1) is 5.10 Å². The molecule has 0 fully saturated rings. The summed E-state index contributed by atoms with van der Waals surface area (Å²) in [6.07, 6.45) is 1.52. The molecule has 0 unspecified atom stereocenters. The Morgan fingerprint density at radius 1 is 1.00 bits per heavy atom. The van der Waals surface area contributed by atoms with Crippen molar-refractivity contribution in [3.05, 3.63) is 101 Å². The number of aryl methyl sites for hydroxylation is 1. The number of hydrogen-bond acceptors (Lipinski definition) is 5. The molecule has 0 aliphatic heterocycles. The van der Waals surface area contributed by atoms with E-state index < -0.39 is 0 Å². The van der Waals surface area contributed by atoms with Gasteiger partial charge in [0, 0.05) is 12.1 Å². The van der Waals surface area contributed by atoms with E-state index in [4.69, 9.17) is 4.74 Å². The molecule has 0 spiro atoms. The average molecular weight is 399 g/mol. The zero-order valence-electron chi connectivity index (χ0n) is 16.5. The number of aromatic nitrogens is 4. The summed E-state index contributed by atoms with van der Waals surface area (Å²) in [6.45, 7) is 2.83. The standard InChI is InChI=1S/C23H21N5O2/c1-17-12-20(10-11-22(17)28-16-25-26-27-28)23(29)24-14-19-8-5-9-21(13-19)30-15-18-6-3-2-4-7-18/h2-13,16H,14-15H2,1H3,(H,24,29). The van der Waals surface area contributed by atoms with Crippen LogP contribution in [-0.2, 0) is 13.2 Å². The first-order valence-corrected chi connectivity index (χ1v) is 9.57. The van der Waals surface area contributed by atoms with E-state index in [1.54, 1.807) is 10.7 Å². The maximum absolute atomic E-state index is 12.6. The maximum atomic E-state index is 12.6. The van der Waals surface area contributed by atoms with Crippen molar-refractivity contribution in [1.82, 2.24) is 25.5 Å². The summed E-state index contributed by atoms with van der Waals surface area (Å²) in [5.41, 5.74) is 4.40. The van der Waals surface area contributed by atoms with Crippen molar-refractivity contribution in [3.8, 4) is 11.4 Å². The van der Waals surface area contributed by atoms with E-state index in [0.29, 0.717) is 18.7 Å². The van der Waals surface area contributed by atoms with E-state index in [1.165, 1.54) is 6.33 Å². The normalized spacial score (nSPS) is 10.6. The van der Waals surface area contributed by atoms with Gasteiger partial charge in [-0.25, -0.2) is 4.68 Å². The first kappa shape index (κ1) is 19.3. The zero-order chi connectivity index (χ0) is 20.8. The number of ether oxygens (including phenoxy) is 1. The van der Waals surface area contributed by atoms with E-state index in [0.717, 1.165) is 28.1 Å². The van der Waals surface area contributed by atoms with Crippen LogP contribution in [0.1, 0.15) is 27.0 Å². The molecular weight excluding hydrogens is 378 g/mol. The summed E-state index contributed by atoms with van der Waals surface area (Å²) in [7, 11) is 0. The molecule has 30 heavy (non-hydrogen) atoms. The third kappa shape index (κ3) is 4.70. The highest BCUT2D eigenvalue weighted by molar-refractivity contribution is 5.94. The van der Waals surface area contributed by atoms with Gasteiger partial charge >= 0.3 is 0 Å². The number of carbonyl (C=O) groups excluding carboxylic acids is 1. The lowest BCUT2D eigenvalue weighted by Crippen LogP contribution is -2.23. The lowest BCUT2D eigenvalue weighted by Gasteiger charge is -2.10. The van der Waals surface area contributed by atoms with Gasteiger partial charge in [0.15, 0.2) is 0 Å². The SMILES string of the molecule is Cc1cc(C(=O)NCc2cccc(OCc3ccccc3)c2)ccc1-n1cnnn1. The second-order valence-electron chi connectivity index (χ2n) is 6.86. The van der Waals surface area contributed by atoms with Gasteiger partial charge in [0.1, 0.15) is 18.7 Å². The lowest BCUT2D eigenvalue weighted by molar-refractivity contribution is 0.0950. The van der Waals surface area contributed by atoms with E-state index in [2.05, 4.69) is 20.8 Å². The van der Waals surface area contributed by atoms with E-state index in [9.17, 15) is 4.79 Å². The Bertz CT molecular complexity index is 1130. The van der Waals surface area contributed by atoms with Gasteiger partial charge in [-0.3, -0.25) is 4.79 Å². The molecule has 0 aliphatic carbocycles. The number of carbonyl (C=O) groups is 1. The van der Waals surface area contributed by atoms with Crippen LogP contribution in [0.4, 0.5) is 0 Å². The van der Waals surface area contributed by atoms with Crippen LogP contribution < -0.4 is 10.1 Å². The molecular formula is C23H21N5O2. The molecule has 0 bridgehead atoms. The van der Waals surface area contributed by atoms with Gasteiger partial charge in [-0.2, -0.15) is 0 Å². The van der Waals surface area contributed by atoms with Gasteiger partial charge < -0.3 is 10.1 Å². The van der Waals surface area contributed by atoms with Crippen LogP contribution >= 0.6 is 0 Å². The zero-order valence-corrected chi connectivity index (χ0v) is 16.5. The first-order valence-electron chi connectivity index (χ1n) is 9.57. The van der Waals surface area contributed by atoms with Crippen LogP contribution in [0.15, 0.2) is 79.1 Å². The minimum absolute atomic E-state index is 0.142. The summed E-state index contributed by atoms with van der Waals surface area (Å²) in [5.74, 6) is 0.629. The Kier molecular flexibility index (Phi) is 5.80. The van der Waals surface area contributed by atoms with Crippen molar-refractivity contribution in [2.24, 2.45) is 0 Å². The van der Waals surface area contributed by atoms with Crippen LogP contribution in [0.5, 0.6) is 5.75 Å². The molecule has 1 aromatic heterocycles. The van der Waals surface area contributed by atoms with Crippen LogP contribution in [0.2, 0.25) is 0 Å². The summed E-state index contributed by atoms with van der Waals surface area (Å²) >= 11 is 0. The monoisotopic (exact) mass is 399 g/mol. The predicted molar refractivity (Wildman–Crippen MR) is 112 cm³/mol. The molecule has 0 saturated heterocycles. The molecule has 0 saturated carbocycles. The van der Waals surface area contributed by atoms with Crippen molar-refractivity contribution in [2.75, 3.05) is 0 Å². The number of benzene rings is 3. The minimum Gasteiger partial charge on any atom is -0.489 e. The topological polar surface area (TPSA) is 81.9 Å². The first-order chi connectivity index (χ1) is 14.7. The molecule has 4 aromatic rings. The predicted octanol–water partition coefficient (Wildman–Crippen LogP) is 3.48. The molecule has 0 aliphatic rings. The number of nitrogens with zero attached hydrogens (tertiary/aromatic N) is 4. The van der Waals surface area contributed by atoms with Crippen molar-refractivity contribution in [2.45, 2.75) is 20.1 Å². The smallest absolute Gasteiger partial charge is 0.251 e. The fourth-order valence-electron chi connectivity index (χ4n) is 3.10. The third-order valence-corrected chi connectivity index (χ3v) is 4.65. The lowest BCUT2D eigenvalue weighted by atomic mass is 10.1. The van der Waals surface area contributed by atoms with E-state index in [1.807, 2.05) is 73.7 Å². The molecule has 1 N–H and O–H groups in total. The number of hydrogen-bond donors (Lipinski definition) is 1. The highest BCUT2D eigenvalue weighted by Gasteiger charge is 2.10. The number of amides is 1. The summed E-state index contributed by atoms with van der Waals surface area (Å²) in [5, 5.41) is 14.1. The van der Waals surface area contributed by atoms with Crippen molar-refractivity contribution < 1.29 is 9.53 Å². The second-order valence-corrected chi connectivity index (χ2v) is 6.86. The molecule has 1 amide bonds. The fraction of sp³-hybridized carbons (Fsp3) is 0.130. The Morgan fingerprint density at radius 3 is 2.60 bits per heavy atom. The Hall–Kier alpha value is -4.00. The van der Waals surface area contributed by atoms with Crippen LogP contribution in [0.3, 0.4) is 0 Å². The Labute approximate surface area is 174 Å². The van der Waals surface area contributed by atoms with Crippen molar-refractivity contribution in [1.29, 1.82) is 0 Å². The van der Waals surface area contributed by atoms with E-state index in [-0.39, 0.29) is 5.91 Å². The average Bonchev–Trinajstić information content (AvgIpc) is 3.31. The molecule has 7 heteroatoms.